The Bertz CT molecular complexity index is 247. The Morgan fingerprint density at radius 1 is 1.64 bits per heavy atom. The topological polar surface area (TPSA) is 55.6 Å². The van der Waals surface area contributed by atoms with E-state index in [-0.39, 0.29) is 17.7 Å². The summed E-state index contributed by atoms with van der Waals surface area (Å²) < 4.78 is 5.42. The highest BCUT2D eigenvalue weighted by Gasteiger charge is 2.53. The van der Waals surface area contributed by atoms with Crippen molar-refractivity contribution >= 4 is 6.09 Å². The van der Waals surface area contributed by atoms with Crippen LogP contribution in [0.5, 0.6) is 0 Å². The van der Waals surface area contributed by atoms with E-state index in [2.05, 4.69) is 0 Å². The predicted molar refractivity (Wildman–Crippen MR) is 52.8 cm³/mol. The Labute approximate surface area is 84.4 Å². The monoisotopic (exact) mass is 198 g/mol. The van der Waals surface area contributed by atoms with Crippen molar-refractivity contribution in [3.63, 3.8) is 0 Å². The van der Waals surface area contributed by atoms with Crippen LogP contribution in [-0.2, 0) is 4.74 Å². The normalized spacial score (nSPS) is 36.4. The van der Waals surface area contributed by atoms with Gasteiger partial charge in [0.1, 0.15) is 5.60 Å². The van der Waals surface area contributed by atoms with E-state index < -0.39 is 0 Å². The molecule has 0 aromatic heterocycles. The molecule has 4 nitrogen and oxygen atoms in total. The van der Waals surface area contributed by atoms with Crippen LogP contribution in [0, 0.1) is 5.92 Å². The van der Waals surface area contributed by atoms with Crippen LogP contribution >= 0.6 is 0 Å². The molecule has 4 heteroatoms. The fraction of sp³-hybridized carbons (Fsp3) is 0.900. The minimum atomic E-state index is -0.189. The Kier molecular flexibility index (Phi) is 2.18. The summed E-state index contributed by atoms with van der Waals surface area (Å²) >= 11 is 0. The molecule has 80 valence electrons. The van der Waals surface area contributed by atoms with Crippen LogP contribution in [0.4, 0.5) is 4.79 Å². The van der Waals surface area contributed by atoms with Gasteiger partial charge in [-0.25, -0.2) is 4.79 Å². The molecule has 1 amide bonds. The lowest BCUT2D eigenvalue weighted by Crippen LogP contribution is -2.50. The van der Waals surface area contributed by atoms with Gasteiger partial charge in [-0.05, 0) is 39.2 Å². The second-order valence-electron chi connectivity index (χ2n) is 4.78. The molecular formula is C10H18N2O2. The number of nitrogens with zero attached hydrogens (tertiary/aromatic N) is 1. The summed E-state index contributed by atoms with van der Waals surface area (Å²) in [5.74, 6) is 0.551. The number of ether oxygens (including phenoxy) is 1. The van der Waals surface area contributed by atoms with E-state index in [1.807, 2.05) is 13.8 Å². The first-order valence-corrected chi connectivity index (χ1v) is 5.26. The third kappa shape index (κ3) is 1.38. The average molecular weight is 198 g/mol. The lowest BCUT2D eigenvalue weighted by molar-refractivity contribution is -0.0439. The van der Waals surface area contributed by atoms with Crippen molar-refractivity contribution in [3.8, 4) is 0 Å². The number of amides is 1. The van der Waals surface area contributed by atoms with Crippen molar-refractivity contribution in [2.75, 3.05) is 13.1 Å². The molecule has 1 spiro atoms. The Morgan fingerprint density at radius 3 is 2.71 bits per heavy atom. The van der Waals surface area contributed by atoms with E-state index in [1.165, 1.54) is 0 Å². The molecule has 2 aliphatic rings. The van der Waals surface area contributed by atoms with Gasteiger partial charge in [-0.15, -0.1) is 0 Å². The number of carbonyl (C=O) groups excluding carboxylic acids is 1. The summed E-state index contributed by atoms with van der Waals surface area (Å²) in [5.41, 5.74) is 5.37. The lowest BCUT2D eigenvalue weighted by Gasteiger charge is -2.42. The molecule has 1 aliphatic carbocycles. The molecule has 14 heavy (non-hydrogen) atoms. The molecule has 0 aromatic carbocycles. The van der Waals surface area contributed by atoms with Crippen LogP contribution in [0.2, 0.25) is 0 Å². The fourth-order valence-electron chi connectivity index (χ4n) is 2.42. The van der Waals surface area contributed by atoms with E-state index in [0.717, 1.165) is 19.4 Å². The van der Waals surface area contributed by atoms with Crippen molar-refractivity contribution in [2.24, 2.45) is 11.7 Å². The lowest BCUT2D eigenvalue weighted by atomic mass is 9.71. The van der Waals surface area contributed by atoms with Crippen LogP contribution in [0.15, 0.2) is 0 Å². The van der Waals surface area contributed by atoms with Crippen molar-refractivity contribution in [1.29, 1.82) is 0 Å². The maximum absolute atomic E-state index is 11.5. The zero-order valence-electron chi connectivity index (χ0n) is 8.82. The number of hydrogen-bond donors (Lipinski definition) is 1. The molecule has 1 heterocycles. The highest BCUT2D eigenvalue weighted by Crippen LogP contribution is 2.44. The number of nitrogens with two attached hydrogens (primary N) is 1. The summed E-state index contributed by atoms with van der Waals surface area (Å²) in [6.45, 7) is 5.49. The van der Waals surface area contributed by atoms with Crippen LogP contribution in [0.25, 0.3) is 0 Å². The van der Waals surface area contributed by atoms with Crippen LogP contribution in [0.3, 0.4) is 0 Å². The molecule has 1 saturated carbocycles. The van der Waals surface area contributed by atoms with Gasteiger partial charge in [-0.1, -0.05) is 0 Å². The van der Waals surface area contributed by atoms with Gasteiger partial charge in [-0.2, -0.15) is 0 Å². The van der Waals surface area contributed by atoms with Crippen LogP contribution in [-0.4, -0.2) is 35.7 Å². The summed E-state index contributed by atoms with van der Waals surface area (Å²) in [6, 6.07) is 0.235. The summed E-state index contributed by atoms with van der Waals surface area (Å²) in [6.07, 6.45) is 1.73. The van der Waals surface area contributed by atoms with E-state index in [1.54, 1.807) is 4.90 Å². The fourth-order valence-corrected chi connectivity index (χ4v) is 2.42. The standard InChI is InChI=1S/C10H18N2O2/c1-7(2)12-6-10(14-9(12)13)3-8(4-10)5-11/h7-8H,3-6,11H2,1-2H3. The van der Waals surface area contributed by atoms with Crippen LogP contribution in [0.1, 0.15) is 26.7 Å². The minimum Gasteiger partial charge on any atom is -0.441 e. The first-order chi connectivity index (χ1) is 6.56. The molecule has 0 atom stereocenters. The van der Waals surface area contributed by atoms with Gasteiger partial charge >= 0.3 is 6.09 Å². The Hall–Kier alpha value is -0.770. The third-order valence-electron chi connectivity index (χ3n) is 3.27. The highest BCUT2D eigenvalue weighted by molar-refractivity contribution is 5.71. The maximum atomic E-state index is 11.5. The number of rotatable bonds is 2. The number of hydrogen-bond acceptors (Lipinski definition) is 3. The Morgan fingerprint density at radius 2 is 2.29 bits per heavy atom. The second-order valence-corrected chi connectivity index (χ2v) is 4.78. The number of carbonyl (C=O) groups is 1. The summed E-state index contributed by atoms with van der Waals surface area (Å²) in [5, 5.41) is 0. The molecule has 0 aromatic rings. The van der Waals surface area contributed by atoms with Crippen molar-refractivity contribution in [1.82, 2.24) is 4.90 Å². The molecule has 2 N–H and O–H groups in total. The molecule has 0 bridgehead atoms. The zero-order valence-corrected chi connectivity index (χ0v) is 8.82. The van der Waals surface area contributed by atoms with E-state index >= 15 is 0 Å². The molecule has 2 rings (SSSR count). The van der Waals surface area contributed by atoms with Crippen LogP contribution < -0.4 is 5.73 Å². The molecule has 2 fully saturated rings. The minimum absolute atomic E-state index is 0.157. The third-order valence-corrected chi connectivity index (χ3v) is 3.27. The SMILES string of the molecule is CC(C)N1CC2(CC(CN)C2)OC1=O. The van der Waals surface area contributed by atoms with E-state index in [0.29, 0.717) is 12.5 Å². The predicted octanol–water partition coefficient (Wildman–Crippen LogP) is 0.955. The first-order valence-electron chi connectivity index (χ1n) is 5.26. The summed E-state index contributed by atoms with van der Waals surface area (Å²) in [4.78, 5) is 13.3. The maximum Gasteiger partial charge on any atom is 0.410 e. The second kappa shape index (κ2) is 3.12. The van der Waals surface area contributed by atoms with Gasteiger partial charge in [0.15, 0.2) is 0 Å². The van der Waals surface area contributed by atoms with Gasteiger partial charge in [0.2, 0.25) is 0 Å². The summed E-state index contributed by atoms with van der Waals surface area (Å²) in [7, 11) is 0. The van der Waals surface area contributed by atoms with Gasteiger partial charge in [-0.3, -0.25) is 0 Å². The van der Waals surface area contributed by atoms with E-state index in [9.17, 15) is 4.79 Å². The quantitative estimate of drug-likeness (QED) is 0.719. The van der Waals surface area contributed by atoms with E-state index in [4.69, 9.17) is 10.5 Å². The molecular weight excluding hydrogens is 180 g/mol. The van der Waals surface area contributed by atoms with Gasteiger partial charge < -0.3 is 15.4 Å². The van der Waals surface area contributed by atoms with Crippen molar-refractivity contribution in [2.45, 2.75) is 38.3 Å². The van der Waals surface area contributed by atoms with Gasteiger partial charge in [0.25, 0.3) is 0 Å². The van der Waals surface area contributed by atoms with Crippen molar-refractivity contribution < 1.29 is 9.53 Å². The van der Waals surface area contributed by atoms with Crippen molar-refractivity contribution in [3.05, 3.63) is 0 Å². The molecule has 0 radical (unpaired) electrons. The zero-order chi connectivity index (χ0) is 10.3. The first kappa shape index (κ1) is 9.77. The smallest absolute Gasteiger partial charge is 0.410 e. The largest absolute Gasteiger partial charge is 0.441 e. The average Bonchev–Trinajstić information content (AvgIpc) is 2.40. The van der Waals surface area contributed by atoms with Gasteiger partial charge in [0.05, 0.1) is 6.54 Å². The molecule has 0 unspecified atom stereocenters. The highest BCUT2D eigenvalue weighted by atomic mass is 16.6. The Balaban J connectivity index is 1.97. The molecule has 1 aliphatic heterocycles. The molecule has 1 saturated heterocycles. The van der Waals surface area contributed by atoms with Gasteiger partial charge in [0, 0.05) is 6.04 Å².